The van der Waals surface area contributed by atoms with Gasteiger partial charge in [0.15, 0.2) is 11.1 Å². The lowest BCUT2D eigenvalue weighted by atomic mass is 10.3. The summed E-state index contributed by atoms with van der Waals surface area (Å²) in [5.41, 5.74) is 0.00389. The first-order valence-corrected chi connectivity index (χ1v) is 6.67. The molecule has 1 aromatic rings. The van der Waals surface area contributed by atoms with Gasteiger partial charge in [0.2, 0.25) is 10.0 Å². The van der Waals surface area contributed by atoms with Gasteiger partial charge in [-0.3, -0.25) is 4.72 Å². The molecule has 8 heteroatoms. The Bertz CT molecular complexity index is 500. The van der Waals surface area contributed by atoms with Crippen LogP contribution in [-0.4, -0.2) is 23.4 Å². The Morgan fingerprint density at radius 1 is 1.47 bits per heavy atom. The lowest BCUT2D eigenvalue weighted by Gasteiger charge is -2.04. The molecule has 0 saturated heterocycles. The number of hydrogen-bond donors (Lipinski definition) is 2. The maximum Gasteiger partial charge on any atom is 0.229 e. The molecule has 0 fully saturated rings. The van der Waals surface area contributed by atoms with Crippen LogP contribution in [0.15, 0.2) is 23.1 Å². The molecule has 1 rings (SSSR count). The maximum atomic E-state index is 13.1. The monoisotopic (exact) mass is 253 g/mol. The van der Waals surface area contributed by atoms with E-state index in [9.17, 15) is 17.0 Å². The minimum Gasteiger partial charge on any atom is -0.302 e. The fraction of sp³-hybridized carbons (Fsp3) is 0.143. The molecule has 1 atom stereocenters. The SMILES string of the molecule is CS(=O)(=O)Nc1ccc(S(=O)O)c(F)c1. The van der Waals surface area contributed by atoms with E-state index in [1.807, 2.05) is 4.72 Å². The van der Waals surface area contributed by atoms with Crippen molar-refractivity contribution in [2.75, 3.05) is 11.0 Å². The van der Waals surface area contributed by atoms with Crippen molar-refractivity contribution < 1.29 is 21.6 Å². The van der Waals surface area contributed by atoms with Crippen molar-refractivity contribution in [1.29, 1.82) is 0 Å². The van der Waals surface area contributed by atoms with Gasteiger partial charge in [0.1, 0.15) is 10.7 Å². The summed E-state index contributed by atoms with van der Waals surface area (Å²) in [5, 5.41) is 0. The van der Waals surface area contributed by atoms with Gasteiger partial charge >= 0.3 is 0 Å². The molecule has 84 valence electrons. The second-order valence-corrected chi connectivity index (χ2v) is 5.46. The first-order chi connectivity index (χ1) is 6.79. The fourth-order valence-electron chi connectivity index (χ4n) is 0.920. The molecule has 1 aromatic carbocycles. The zero-order valence-corrected chi connectivity index (χ0v) is 9.23. The molecular weight excluding hydrogens is 245 g/mol. The Morgan fingerprint density at radius 2 is 2.07 bits per heavy atom. The van der Waals surface area contributed by atoms with Crippen molar-refractivity contribution >= 4 is 26.8 Å². The summed E-state index contributed by atoms with van der Waals surface area (Å²) in [4.78, 5) is -0.394. The van der Waals surface area contributed by atoms with Crippen molar-refractivity contribution in [2.24, 2.45) is 0 Å². The summed E-state index contributed by atoms with van der Waals surface area (Å²) in [5.74, 6) is -0.940. The molecule has 0 aliphatic rings. The molecule has 0 amide bonds. The van der Waals surface area contributed by atoms with Gasteiger partial charge in [0.05, 0.1) is 11.9 Å². The number of nitrogens with one attached hydrogen (secondary N) is 1. The molecular formula is C7H8FNO4S2. The molecule has 0 bridgehead atoms. The molecule has 2 N–H and O–H groups in total. The first kappa shape index (κ1) is 12.1. The first-order valence-electron chi connectivity index (χ1n) is 3.68. The smallest absolute Gasteiger partial charge is 0.229 e. The maximum absolute atomic E-state index is 13.1. The van der Waals surface area contributed by atoms with Crippen LogP contribution in [0.25, 0.3) is 0 Å². The van der Waals surface area contributed by atoms with Crippen LogP contribution in [0, 0.1) is 5.82 Å². The van der Waals surface area contributed by atoms with E-state index < -0.39 is 31.8 Å². The third-order valence-electron chi connectivity index (χ3n) is 1.42. The Hall–Kier alpha value is -0.990. The van der Waals surface area contributed by atoms with E-state index in [1.54, 1.807) is 0 Å². The third kappa shape index (κ3) is 3.57. The van der Waals surface area contributed by atoms with E-state index in [-0.39, 0.29) is 5.69 Å². The van der Waals surface area contributed by atoms with Gasteiger partial charge in [-0.05, 0) is 18.2 Å². The van der Waals surface area contributed by atoms with Crippen LogP contribution >= 0.6 is 0 Å². The second-order valence-electron chi connectivity index (χ2n) is 2.77. The van der Waals surface area contributed by atoms with Crippen LogP contribution in [0.3, 0.4) is 0 Å². The highest BCUT2D eigenvalue weighted by Gasteiger charge is 2.10. The lowest BCUT2D eigenvalue weighted by molar-refractivity contribution is 0.544. The Morgan fingerprint density at radius 3 is 2.47 bits per heavy atom. The molecule has 0 heterocycles. The molecule has 5 nitrogen and oxygen atoms in total. The van der Waals surface area contributed by atoms with Crippen LogP contribution in [0.4, 0.5) is 10.1 Å². The van der Waals surface area contributed by atoms with Crippen molar-refractivity contribution in [3.05, 3.63) is 24.0 Å². The van der Waals surface area contributed by atoms with Crippen LogP contribution < -0.4 is 4.72 Å². The predicted octanol–water partition coefficient (Wildman–Crippen LogP) is 0.778. The van der Waals surface area contributed by atoms with Gasteiger partial charge in [-0.25, -0.2) is 17.0 Å². The lowest BCUT2D eigenvalue weighted by Crippen LogP contribution is -2.10. The van der Waals surface area contributed by atoms with E-state index >= 15 is 0 Å². The highest BCUT2D eigenvalue weighted by Crippen LogP contribution is 2.17. The molecule has 1 unspecified atom stereocenters. The summed E-state index contributed by atoms with van der Waals surface area (Å²) < 4.78 is 55.9. The molecule has 0 aromatic heterocycles. The van der Waals surface area contributed by atoms with Crippen LogP contribution in [0.1, 0.15) is 0 Å². The minimum atomic E-state index is -3.48. The number of rotatable bonds is 3. The second kappa shape index (κ2) is 4.25. The number of anilines is 1. The summed E-state index contributed by atoms with van der Waals surface area (Å²) in [6.07, 6.45) is 0.920. The van der Waals surface area contributed by atoms with Crippen LogP contribution in [0.2, 0.25) is 0 Å². The van der Waals surface area contributed by atoms with Crippen molar-refractivity contribution in [1.82, 2.24) is 0 Å². The number of benzene rings is 1. The van der Waals surface area contributed by atoms with Gasteiger partial charge in [-0.1, -0.05) is 0 Å². The largest absolute Gasteiger partial charge is 0.302 e. The van der Waals surface area contributed by atoms with E-state index in [4.69, 9.17) is 4.55 Å². The Labute approximate surface area is 88.7 Å². The number of sulfonamides is 1. The highest BCUT2D eigenvalue weighted by atomic mass is 32.2. The third-order valence-corrected chi connectivity index (χ3v) is 2.74. The number of halogens is 1. The van der Waals surface area contributed by atoms with E-state index in [0.29, 0.717) is 0 Å². The number of hydrogen-bond acceptors (Lipinski definition) is 3. The highest BCUT2D eigenvalue weighted by molar-refractivity contribution is 7.92. The average molecular weight is 253 g/mol. The normalized spacial score (nSPS) is 13.5. The zero-order valence-electron chi connectivity index (χ0n) is 7.60. The van der Waals surface area contributed by atoms with Crippen molar-refractivity contribution in [2.45, 2.75) is 4.90 Å². The van der Waals surface area contributed by atoms with E-state index in [1.165, 1.54) is 6.07 Å². The van der Waals surface area contributed by atoms with Gasteiger partial charge < -0.3 is 4.55 Å². The zero-order chi connectivity index (χ0) is 11.6. The van der Waals surface area contributed by atoms with Crippen LogP contribution in [-0.2, 0) is 21.1 Å². The summed E-state index contributed by atoms with van der Waals surface area (Å²) in [7, 11) is -3.48. The minimum absolute atomic E-state index is 0.00389. The van der Waals surface area contributed by atoms with Crippen LogP contribution in [0.5, 0.6) is 0 Å². The molecule has 0 saturated carbocycles. The quantitative estimate of drug-likeness (QED) is 0.780. The molecule has 15 heavy (non-hydrogen) atoms. The molecule has 0 radical (unpaired) electrons. The van der Waals surface area contributed by atoms with Crippen molar-refractivity contribution in [3.8, 4) is 0 Å². The van der Waals surface area contributed by atoms with Gasteiger partial charge in [0.25, 0.3) is 0 Å². The van der Waals surface area contributed by atoms with E-state index in [2.05, 4.69) is 0 Å². The Balaban J connectivity index is 3.07. The molecule has 0 aliphatic carbocycles. The van der Waals surface area contributed by atoms with Gasteiger partial charge in [-0.15, -0.1) is 0 Å². The summed E-state index contributed by atoms with van der Waals surface area (Å²) in [6.45, 7) is 0. The van der Waals surface area contributed by atoms with Gasteiger partial charge in [-0.2, -0.15) is 0 Å². The average Bonchev–Trinajstić information content (AvgIpc) is 1.99. The van der Waals surface area contributed by atoms with Crippen molar-refractivity contribution in [3.63, 3.8) is 0 Å². The topological polar surface area (TPSA) is 83.5 Å². The standard InChI is InChI=1S/C7H8FNO4S2/c1-15(12,13)9-5-2-3-7(14(10)11)6(8)4-5/h2-4,9H,1H3,(H,10,11). The van der Waals surface area contributed by atoms with Gasteiger partial charge in [0, 0.05) is 0 Å². The summed E-state index contributed by atoms with van der Waals surface area (Å²) >= 11 is -2.42. The Kier molecular flexibility index (Phi) is 3.42. The fourth-order valence-corrected chi connectivity index (χ4v) is 1.89. The molecule has 0 aliphatic heterocycles. The van der Waals surface area contributed by atoms with E-state index in [0.717, 1.165) is 18.4 Å². The summed E-state index contributed by atoms with van der Waals surface area (Å²) in [6, 6.07) is 3.08. The predicted molar refractivity (Wildman–Crippen MR) is 53.9 cm³/mol. The molecule has 0 spiro atoms.